The molecule has 0 spiro atoms. The first-order valence-corrected chi connectivity index (χ1v) is 33.4. The molecule has 0 aliphatic carbocycles. The Labute approximate surface area is 430 Å². The van der Waals surface area contributed by atoms with E-state index in [9.17, 15) is 29.1 Å². The number of ether oxygens (including phenoxy) is 10. The van der Waals surface area contributed by atoms with Crippen molar-refractivity contribution in [2.45, 2.75) is 250 Å². The molecule has 3 aliphatic rings. The van der Waals surface area contributed by atoms with E-state index in [-0.39, 0.29) is 28.3 Å². The van der Waals surface area contributed by atoms with Crippen LogP contribution in [0, 0.1) is 12.3 Å². The highest BCUT2D eigenvalue weighted by molar-refractivity contribution is 6.75. The number of hydrogen-bond donors (Lipinski definition) is 2. The van der Waals surface area contributed by atoms with E-state index in [0.29, 0.717) is 0 Å². The number of terminal acetylenes is 1. The van der Waals surface area contributed by atoms with Gasteiger partial charge in [-0.25, -0.2) is 0 Å². The number of esters is 4. The molecule has 0 saturated carbocycles. The summed E-state index contributed by atoms with van der Waals surface area (Å²) in [5.74, 6) is -1.34. The van der Waals surface area contributed by atoms with E-state index in [1.165, 1.54) is 6.92 Å². The van der Waals surface area contributed by atoms with Crippen molar-refractivity contribution in [1.29, 1.82) is 0 Å². The molecule has 3 saturated heterocycles. The zero-order chi connectivity index (χ0) is 55.3. The quantitative estimate of drug-likeness (QED) is 0.0690. The zero-order valence-electron chi connectivity index (χ0n) is 46.7. The number of carbonyl (C=O) groups is 5. The number of rotatable bonds is 19. The Morgan fingerprint density at radius 1 is 0.569 bits per heavy atom. The Bertz CT molecular complexity index is 1910. The van der Waals surface area contributed by atoms with E-state index in [1.807, 2.05) is 26.2 Å². The van der Waals surface area contributed by atoms with Gasteiger partial charge >= 0.3 is 23.9 Å². The van der Waals surface area contributed by atoms with Crippen molar-refractivity contribution in [2.75, 3.05) is 19.8 Å². The van der Waals surface area contributed by atoms with Gasteiger partial charge in [0.05, 0.1) is 18.8 Å². The summed E-state index contributed by atoms with van der Waals surface area (Å²) in [4.78, 5) is 64.1. The number of nitrogens with one attached hydrogen (secondary N) is 1. The van der Waals surface area contributed by atoms with Crippen LogP contribution in [0.15, 0.2) is 0 Å². The van der Waals surface area contributed by atoms with Crippen LogP contribution in [-0.2, 0) is 84.6 Å². The third-order valence-electron chi connectivity index (χ3n) is 14.5. The first-order chi connectivity index (χ1) is 32.7. The molecule has 1 amide bonds. The van der Waals surface area contributed by atoms with Crippen molar-refractivity contribution in [3.63, 3.8) is 0 Å². The number of aliphatic hydroxyl groups is 1. The molecule has 23 heteroatoms. The van der Waals surface area contributed by atoms with Gasteiger partial charge in [-0.15, -0.1) is 6.42 Å². The normalized spacial score (nSPS) is 31.9. The predicted octanol–water partition coefficient (Wildman–Crippen LogP) is 5.63. The summed E-state index contributed by atoms with van der Waals surface area (Å²) < 4.78 is 83.7. The van der Waals surface area contributed by atoms with E-state index in [2.05, 4.69) is 86.6 Å². The van der Waals surface area contributed by atoms with Gasteiger partial charge in [0.2, 0.25) is 5.91 Å². The van der Waals surface area contributed by atoms with Crippen LogP contribution < -0.4 is 5.32 Å². The molecular formula is C49H87NO19Si3. The third kappa shape index (κ3) is 16.6. The average molecular weight is 1080 g/mol. The van der Waals surface area contributed by atoms with E-state index < -0.39 is 153 Å². The van der Waals surface area contributed by atoms with Crippen LogP contribution in [0.2, 0.25) is 54.4 Å². The summed E-state index contributed by atoms with van der Waals surface area (Å²) >= 11 is 0. The fraction of sp³-hybridized carbons (Fsp3) is 0.857. The van der Waals surface area contributed by atoms with E-state index in [4.69, 9.17) is 67.1 Å². The molecule has 0 radical (unpaired) electrons. The number of hydrogen-bond acceptors (Lipinski definition) is 19. The summed E-state index contributed by atoms with van der Waals surface area (Å²) in [6.07, 6.45) is -13.1. The van der Waals surface area contributed by atoms with Gasteiger partial charge in [-0.1, -0.05) is 68.2 Å². The predicted molar refractivity (Wildman–Crippen MR) is 270 cm³/mol. The van der Waals surface area contributed by atoms with Crippen molar-refractivity contribution in [1.82, 2.24) is 5.32 Å². The Morgan fingerprint density at radius 2 is 1.01 bits per heavy atom. The van der Waals surface area contributed by atoms with Gasteiger partial charge in [0.1, 0.15) is 55.9 Å². The van der Waals surface area contributed by atoms with Crippen molar-refractivity contribution >= 4 is 54.7 Å². The van der Waals surface area contributed by atoms with Gasteiger partial charge in [0.25, 0.3) is 0 Å². The van der Waals surface area contributed by atoms with Gasteiger partial charge in [0.15, 0.2) is 62.1 Å². The number of carbonyl (C=O) groups excluding carboxylic acids is 5. The summed E-state index contributed by atoms with van der Waals surface area (Å²) in [6, 6.07) is -1.28. The lowest BCUT2D eigenvalue weighted by Gasteiger charge is -2.53. The molecule has 15 atom stereocenters. The maximum absolute atomic E-state index is 13.4. The van der Waals surface area contributed by atoms with Crippen LogP contribution >= 0.6 is 0 Å². The summed E-state index contributed by atoms with van der Waals surface area (Å²) in [5, 5.41) is 14.7. The summed E-state index contributed by atoms with van der Waals surface area (Å²) in [5.41, 5.74) is 0. The first-order valence-electron chi connectivity index (χ1n) is 24.7. The van der Waals surface area contributed by atoms with Crippen molar-refractivity contribution in [2.24, 2.45) is 0 Å². The van der Waals surface area contributed by atoms with E-state index in [1.54, 1.807) is 6.92 Å². The van der Waals surface area contributed by atoms with E-state index in [0.717, 1.165) is 27.7 Å². The van der Waals surface area contributed by atoms with Crippen molar-refractivity contribution < 1.29 is 89.7 Å². The molecule has 3 aliphatic heterocycles. The van der Waals surface area contributed by atoms with Crippen LogP contribution in [0.4, 0.5) is 0 Å². The first kappa shape index (κ1) is 63.5. The molecule has 0 bridgehead atoms. The highest BCUT2D eigenvalue weighted by Gasteiger charge is 2.59. The molecule has 3 heterocycles. The van der Waals surface area contributed by atoms with Gasteiger partial charge in [-0.05, 0) is 61.3 Å². The van der Waals surface area contributed by atoms with Crippen molar-refractivity contribution in [3.05, 3.63) is 0 Å². The Balaban J connectivity index is 2.44. The van der Waals surface area contributed by atoms with Gasteiger partial charge in [-0.2, -0.15) is 0 Å². The van der Waals surface area contributed by atoms with Crippen LogP contribution in [0.3, 0.4) is 0 Å². The molecule has 3 rings (SSSR count). The second-order valence-corrected chi connectivity index (χ2v) is 37.8. The largest absolute Gasteiger partial charge is 0.463 e. The molecule has 0 unspecified atom stereocenters. The second kappa shape index (κ2) is 24.9. The molecule has 0 aromatic rings. The second-order valence-electron chi connectivity index (χ2n) is 23.5. The maximum Gasteiger partial charge on any atom is 0.303 e. The highest BCUT2D eigenvalue weighted by atomic mass is 28.4. The molecule has 2 N–H and O–H groups in total. The van der Waals surface area contributed by atoms with Gasteiger partial charge in [-0.3, -0.25) is 24.0 Å². The summed E-state index contributed by atoms with van der Waals surface area (Å²) in [6.45, 7) is 37.5. The van der Waals surface area contributed by atoms with Crippen molar-refractivity contribution in [3.8, 4) is 12.3 Å². The molecule has 414 valence electrons. The minimum absolute atomic E-state index is 0.175. The lowest BCUT2D eigenvalue weighted by atomic mass is 9.94. The fourth-order valence-corrected chi connectivity index (χ4v) is 11.2. The van der Waals surface area contributed by atoms with Crippen LogP contribution in [0.1, 0.15) is 104 Å². The Hall–Kier alpha value is -2.84. The summed E-state index contributed by atoms with van der Waals surface area (Å²) in [7, 11) is -7.98. The topological polar surface area (TPSA) is 238 Å². The molecule has 20 nitrogen and oxygen atoms in total. The van der Waals surface area contributed by atoms with Gasteiger partial charge < -0.3 is 71.1 Å². The fourth-order valence-electron chi connectivity index (χ4n) is 7.57. The number of amides is 1. The smallest absolute Gasteiger partial charge is 0.303 e. The molecule has 0 aromatic heterocycles. The Morgan fingerprint density at radius 3 is 1.49 bits per heavy atom. The molecule has 72 heavy (non-hydrogen) atoms. The Kier molecular flexibility index (Phi) is 21.9. The minimum atomic E-state index is -2.80. The van der Waals surface area contributed by atoms with E-state index >= 15 is 0 Å². The monoisotopic (exact) mass is 1080 g/mol. The molecule has 0 aromatic carbocycles. The minimum Gasteiger partial charge on any atom is -0.463 e. The number of aliphatic hydroxyl groups excluding tert-OH is 1. The SMILES string of the molecule is C#CCO[C@@H]1O[C@H](CO[Si](C)(C)C(C)(C)C)[C@@H](O[C@@H]2O[C@H](COC(C)=O)[C@H](OC(C)=O)[C@H](OC(C)=O)[C@H]2OC(C)=O)[C@H](O[C@@H]2O[C@@H](C)[C@@H](O[Si](C)(C)C(C)(C)C)[C@@H](O)[C@@H]2O[Si](C)(C)C(C)(C)C)[C@H]1NC(C)=O. The highest BCUT2D eigenvalue weighted by Crippen LogP contribution is 2.45. The van der Waals surface area contributed by atoms with Crippen LogP contribution in [0.5, 0.6) is 0 Å². The maximum atomic E-state index is 13.4. The standard InChI is InChI=1S/C49H87NO19Si3/c1-23-24-57-44-35(50-28(3)51)40(67-45-41(69-72(21,22)49(14,15)16)36(56)37(27(2)60-45)68-71(19,20)48(11,12)13)38(34(64-44)26-59-70(17,18)47(8,9)10)66-46-43(63-32(7)55)42(62-31(6)54)39(61-30(5)53)33(65-46)25-58-29(4)52/h1,27,33-46,56H,24-26H2,2-22H3,(H,50,51)/t27-,33+,34+,35+,36+,37+,38+,39-,40+,41-,42-,43+,44+,45-,46-/m0/s1. The average Bonchev–Trinajstić information content (AvgIpc) is 3.20. The lowest BCUT2D eigenvalue weighted by molar-refractivity contribution is -0.371. The lowest BCUT2D eigenvalue weighted by Crippen LogP contribution is -2.71. The third-order valence-corrected chi connectivity index (χ3v) is 28.0. The van der Waals surface area contributed by atoms with Crippen LogP contribution in [0.25, 0.3) is 0 Å². The molecule has 3 fully saturated rings. The van der Waals surface area contributed by atoms with Gasteiger partial charge in [0, 0.05) is 34.6 Å². The van der Waals surface area contributed by atoms with Crippen LogP contribution in [-0.4, -0.2) is 172 Å². The molecular weight excluding hydrogens is 991 g/mol. The zero-order valence-corrected chi connectivity index (χ0v) is 49.7.